The van der Waals surface area contributed by atoms with E-state index in [1.54, 1.807) is 0 Å². The van der Waals surface area contributed by atoms with Crippen LogP contribution in [-0.2, 0) is 0 Å². The van der Waals surface area contributed by atoms with E-state index < -0.39 is 0 Å². The lowest BCUT2D eigenvalue weighted by molar-refractivity contribution is 0.0604. The molecule has 108 valence electrons. The summed E-state index contributed by atoms with van der Waals surface area (Å²) in [7, 11) is 0. The summed E-state index contributed by atoms with van der Waals surface area (Å²) < 4.78 is 0. The van der Waals surface area contributed by atoms with Crippen LogP contribution in [0.3, 0.4) is 0 Å². The molecule has 0 radical (unpaired) electrons. The highest BCUT2D eigenvalue weighted by atomic mass is 15.2. The lowest BCUT2D eigenvalue weighted by atomic mass is 9.71. The predicted octanol–water partition coefficient (Wildman–Crippen LogP) is 2.48. The summed E-state index contributed by atoms with van der Waals surface area (Å²) in [6.07, 6.45) is 5.27. The van der Waals surface area contributed by atoms with Gasteiger partial charge in [0.1, 0.15) is 0 Å². The number of hydrogen-bond donors (Lipinski definition) is 3. The smallest absolute Gasteiger partial charge is 0.0573 e. The molecule has 3 N–H and O–H groups in total. The van der Waals surface area contributed by atoms with Gasteiger partial charge in [-0.15, -0.1) is 0 Å². The fourth-order valence-corrected chi connectivity index (χ4v) is 3.34. The van der Waals surface area contributed by atoms with Crippen molar-refractivity contribution in [2.45, 2.75) is 78.6 Å². The largest absolute Gasteiger partial charge is 0.316 e. The second-order valence-electron chi connectivity index (χ2n) is 5.90. The van der Waals surface area contributed by atoms with E-state index in [9.17, 15) is 0 Å². The molecule has 1 fully saturated rings. The first-order valence-electron chi connectivity index (χ1n) is 7.85. The van der Waals surface area contributed by atoms with Crippen LogP contribution < -0.4 is 16.0 Å². The Morgan fingerprint density at radius 2 is 1.50 bits per heavy atom. The molecular formula is C15H33N3. The fourth-order valence-electron chi connectivity index (χ4n) is 3.34. The van der Waals surface area contributed by atoms with Gasteiger partial charge in [0.2, 0.25) is 0 Å². The molecule has 2 atom stereocenters. The molecule has 0 bridgehead atoms. The lowest BCUT2D eigenvalue weighted by Gasteiger charge is -2.51. The highest BCUT2D eigenvalue weighted by Crippen LogP contribution is 2.33. The molecule has 0 aliphatic carbocycles. The average Bonchev–Trinajstić information content (AvgIpc) is 2.39. The predicted molar refractivity (Wildman–Crippen MR) is 79.8 cm³/mol. The number of rotatable bonds is 7. The van der Waals surface area contributed by atoms with Crippen LogP contribution in [0.4, 0.5) is 0 Å². The Bertz CT molecular complexity index is 216. The first kappa shape index (κ1) is 15.9. The Morgan fingerprint density at radius 3 is 1.89 bits per heavy atom. The topological polar surface area (TPSA) is 36.1 Å². The third kappa shape index (κ3) is 3.46. The average molecular weight is 255 g/mol. The summed E-state index contributed by atoms with van der Waals surface area (Å²) in [5.41, 5.74) is 0.310. The monoisotopic (exact) mass is 255 g/mol. The van der Waals surface area contributed by atoms with Crippen LogP contribution in [-0.4, -0.2) is 31.3 Å². The quantitative estimate of drug-likeness (QED) is 0.612. The molecule has 0 spiro atoms. The lowest BCUT2D eigenvalue weighted by Crippen LogP contribution is -2.69. The molecule has 3 heteroatoms. The van der Waals surface area contributed by atoms with E-state index in [4.69, 9.17) is 0 Å². The SMILES string of the molecule is CCCNCC1(C)C(CC)NC(CC)NC1CC. The van der Waals surface area contributed by atoms with Gasteiger partial charge in [-0.3, -0.25) is 10.6 Å². The second kappa shape index (κ2) is 7.46. The maximum absolute atomic E-state index is 3.78. The summed E-state index contributed by atoms with van der Waals surface area (Å²) >= 11 is 0. The molecule has 0 aromatic heterocycles. The Hall–Kier alpha value is -0.120. The van der Waals surface area contributed by atoms with E-state index in [1.165, 1.54) is 19.3 Å². The van der Waals surface area contributed by atoms with E-state index in [2.05, 4.69) is 50.6 Å². The first-order valence-corrected chi connectivity index (χ1v) is 7.85. The molecule has 3 nitrogen and oxygen atoms in total. The van der Waals surface area contributed by atoms with Crippen molar-refractivity contribution < 1.29 is 0 Å². The molecule has 1 rings (SSSR count). The van der Waals surface area contributed by atoms with Gasteiger partial charge < -0.3 is 5.32 Å². The van der Waals surface area contributed by atoms with Gasteiger partial charge in [-0.25, -0.2) is 0 Å². The van der Waals surface area contributed by atoms with Crippen LogP contribution in [0.5, 0.6) is 0 Å². The van der Waals surface area contributed by atoms with E-state index in [0.717, 1.165) is 19.5 Å². The van der Waals surface area contributed by atoms with Gasteiger partial charge in [-0.05, 0) is 32.2 Å². The fraction of sp³-hybridized carbons (Fsp3) is 1.00. The minimum atomic E-state index is 0.310. The Morgan fingerprint density at radius 1 is 0.944 bits per heavy atom. The van der Waals surface area contributed by atoms with Crippen molar-refractivity contribution in [3.05, 3.63) is 0 Å². The van der Waals surface area contributed by atoms with Crippen LogP contribution in [0.2, 0.25) is 0 Å². The summed E-state index contributed by atoms with van der Waals surface area (Å²) in [6, 6.07) is 1.22. The van der Waals surface area contributed by atoms with Crippen molar-refractivity contribution >= 4 is 0 Å². The molecule has 1 aliphatic rings. The Balaban J connectivity index is 2.74. The van der Waals surface area contributed by atoms with Crippen LogP contribution >= 0.6 is 0 Å². The second-order valence-corrected chi connectivity index (χ2v) is 5.90. The molecule has 1 saturated heterocycles. The molecule has 1 heterocycles. The zero-order valence-corrected chi connectivity index (χ0v) is 13.0. The molecule has 2 unspecified atom stereocenters. The third-order valence-electron chi connectivity index (χ3n) is 4.55. The van der Waals surface area contributed by atoms with Crippen LogP contribution in [0.15, 0.2) is 0 Å². The standard InChI is InChI=1S/C15H33N3/c1-6-10-16-11-15(5)12(7-2)17-14(9-4)18-13(15)8-3/h12-14,16-18H,6-11H2,1-5H3. The van der Waals surface area contributed by atoms with Crippen molar-refractivity contribution in [3.63, 3.8) is 0 Å². The van der Waals surface area contributed by atoms with Gasteiger partial charge in [0.05, 0.1) is 6.17 Å². The molecule has 0 aromatic carbocycles. The van der Waals surface area contributed by atoms with E-state index >= 15 is 0 Å². The number of hydrogen-bond acceptors (Lipinski definition) is 3. The first-order chi connectivity index (χ1) is 8.62. The summed E-state index contributed by atoms with van der Waals surface area (Å²) in [4.78, 5) is 0. The zero-order valence-electron chi connectivity index (χ0n) is 13.0. The van der Waals surface area contributed by atoms with E-state index in [0.29, 0.717) is 23.7 Å². The van der Waals surface area contributed by atoms with Gasteiger partial charge in [0.15, 0.2) is 0 Å². The molecule has 0 amide bonds. The van der Waals surface area contributed by atoms with Crippen molar-refractivity contribution in [2.24, 2.45) is 5.41 Å². The summed E-state index contributed by atoms with van der Waals surface area (Å²) in [5, 5.41) is 11.2. The van der Waals surface area contributed by atoms with Gasteiger partial charge in [0.25, 0.3) is 0 Å². The van der Waals surface area contributed by atoms with Crippen LogP contribution in [0.1, 0.15) is 60.3 Å². The molecular weight excluding hydrogens is 222 g/mol. The van der Waals surface area contributed by atoms with Gasteiger partial charge in [-0.1, -0.05) is 34.6 Å². The molecule has 0 aromatic rings. The maximum Gasteiger partial charge on any atom is 0.0573 e. The summed E-state index contributed by atoms with van der Waals surface area (Å²) in [6.45, 7) is 13.8. The van der Waals surface area contributed by atoms with Gasteiger partial charge in [0, 0.05) is 24.0 Å². The molecule has 0 saturated carbocycles. The van der Waals surface area contributed by atoms with E-state index in [-0.39, 0.29) is 0 Å². The normalized spacial score (nSPS) is 36.8. The Kier molecular flexibility index (Phi) is 6.61. The highest BCUT2D eigenvalue weighted by Gasteiger charge is 2.44. The Labute approximate surface area is 113 Å². The van der Waals surface area contributed by atoms with Crippen LogP contribution in [0.25, 0.3) is 0 Å². The number of nitrogens with one attached hydrogen (secondary N) is 3. The minimum Gasteiger partial charge on any atom is -0.316 e. The minimum absolute atomic E-state index is 0.310. The van der Waals surface area contributed by atoms with Crippen molar-refractivity contribution in [3.8, 4) is 0 Å². The van der Waals surface area contributed by atoms with Crippen molar-refractivity contribution in [1.29, 1.82) is 0 Å². The zero-order chi connectivity index (χ0) is 13.6. The maximum atomic E-state index is 3.78. The third-order valence-corrected chi connectivity index (χ3v) is 4.55. The molecule has 1 aliphatic heterocycles. The van der Waals surface area contributed by atoms with Gasteiger partial charge >= 0.3 is 0 Å². The van der Waals surface area contributed by atoms with E-state index in [1.807, 2.05) is 0 Å². The van der Waals surface area contributed by atoms with Crippen molar-refractivity contribution in [1.82, 2.24) is 16.0 Å². The molecule has 18 heavy (non-hydrogen) atoms. The van der Waals surface area contributed by atoms with Gasteiger partial charge in [-0.2, -0.15) is 0 Å². The summed E-state index contributed by atoms with van der Waals surface area (Å²) in [5.74, 6) is 0. The van der Waals surface area contributed by atoms with Crippen molar-refractivity contribution in [2.75, 3.05) is 13.1 Å². The van der Waals surface area contributed by atoms with Crippen LogP contribution in [0, 0.1) is 5.41 Å². The highest BCUT2D eigenvalue weighted by molar-refractivity contribution is 5.02.